The summed E-state index contributed by atoms with van der Waals surface area (Å²) in [5.74, 6) is -0.0817. The van der Waals surface area contributed by atoms with Crippen LogP contribution in [0.25, 0.3) is 0 Å². The molecule has 2 heteroatoms. The van der Waals surface area contributed by atoms with Gasteiger partial charge in [0.25, 0.3) is 0 Å². The van der Waals surface area contributed by atoms with Crippen LogP contribution in [0, 0.1) is 11.8 Å². The lowest BCUT2D eigenvalue weighted by molar-refractivity contribution is -0.137. The fourth-order valence-corrected chi connectivity index (χ4v) is 3.86. The van der Waals surface area contributed by atoms with Gasteiger partial charge in [-0.05, 0) is 31.2 Å². The molecule has 3 atom stereocenters. The van der Waals surface area contributed by atoms with Crippen molar-refractivity contribution in [1.82, 2.24) is 0 Å². The monoisotopic (exact) mass is 242 g/mol. The molecule has 2 fully saturated rings. The highest BCUT2D eigenvalue weighted by molar-refractivity contribution is 6.43. The summed E-state index contributed by atoms with van der Waals surface area (Å²) in [5, 5.41) is 0. The third-order valence-corrected chi connectivity index (χ3v) is 4.91. The zero-order valence-corrected chi connectivity index (χ0v) is 10.7. The first-order valence-corrected chi connectivity index (χ1v) is 6.80. The zero-order valence-electron chi connectivity index (χ0n) is 10.7. The molecule has 0 spiro atoms. The number of benzene rings is 1. The SMILES string of the molecule is CC1(c2ccccc2)C(=O)C(=O)C2CCCCC21. The second-order valence-corrected chi connectivity index (χ2v) is 5.76. The fourth-order valence-electron chi connectivity index (χ4n) is 3.86. The molecule has 3 unspecified atom stereocenters. The van der Waals surface area contributed by atoms with Crippen LogP contribution < -0.4 is 0 Å². The highest BCUT2D eigenvalue weighted by atomic mass is 16.2. The molecule has 0 N–H and O–H groups in total. The summed E-state index contributed by atoms with van der Waals surface area (Å²) < 4.78 is 0. The third kappa shape index (κ3) is 1.41. The molecule has 1 aromatic carbocycles. The first-order chi connectivity index (χ1) is 8.65. The van der Waals surface area contributed by atoms with Gasteiger partial charge in [0.15, 0.2) is 0 Å². The summed E-state index contributed by atoms with van der Waals surface area (Å²) in [4.78, 5) is 24.6. The number of ketones is 2. The van der Waals surface area contributed by atoms with Crippen LogP contribution in [0.5, 0.6) is 0 Å². The van der Waals surface area contributed by atoms with Gasteiger partial charge in [-0.1, -0.05) is 43.2 Å². The van der Waals surface area contributed by atoms with Gasteiger partial charge in [-0.15, -0.1) is 0 Å². The number of fused-ring (bicyclic) bond motifs is 1. The average Bonchev–Trinajstić information content (AvgIpc) is 2.64. The van der Waals surface area contributed by atoms with E-state index < -0.39 is 5.41 Å². The van der Waals surface area contributed by atoms with Crippen molar-refractivity contribution in [3.8, 4) is 0 Å². The Bertz CT molecular complexity index is 491. The minimum atomic E-state index is -0.580. The molecule has 0 bridgehead atoms. The van der Waals surface area contributed by atoms with E-state index in [-0.39, 0.29) is 23.4 Å². The van der Waals surface area contributed by atoms with Crippen LogP contribution in [0.3, 0.4) is 0 Å². The van der Waals surface area contributed by atoms with E-state index in [4.69, 9.17) is 0 Å². The lowest BCUT2D eigenvalue weighted by atomic mass is 9.67. The van der Waals surface area contributed by atoms with Crippen LogP contribution >= 0.6 is 0 Å². The van der Waals surface area contributed by atoms with Crippen LogP contribution in [-0.4, -0.2) is 11.6 Å². The minimum Gasteiger partial charge on any atom is -0.291 e. The van der Waals surface area contributed by atoms with Crippen molar-refractivity contribution in [2.75, 3.05) is 0 Å². The number of carbonyl (C=O) groups is 2. The van der Waals surface area contributed by atoms with Crippen molar-refractivity contribution >= 4 is 11.6 Å². The first kappa shape index (κ1) is 11.6. The summed E-state index contributed by atoms with van der Waals surface area (Å²) >= 11 is 0. The predicted octanol–water partition coefficient (Wildman–Crippen LogP) is 2.90. The van der Waals surface area contributed by atoms with E-state index in [0.29, 0.717) is 0 Å². The van der Waals surface area contributed by atoms with E-state index in [1.807, 2.05) is 37.3 Å². The molecular formula is C16H18O2. The Morgan fingerprint density at radius 3 is 2.44 bits per heavy atom. The Kier molecular flexibility index (Phi) is 2.61. The third-order valence-electron chi connectivity index (χ3n) is 4.91. The van der Waals surface area contributed by atoms with Crippen LogP contribution in [0.2, 0.25) is 0 Å². The molecule has 94 valence electrons. The van der Waals surface area contributed by atoms with E-state index in [2.05, 4.69) is 0 Å². The first-order valence-electron chi connectivity index (χ1n) is 6.80. The number of rotatable bonds is 1. The topological polar surface area (TPSA) is 34.1 Å². The Hall–Kier alpha value is -1.44. The number of Topliss-reactive ketones (excluding diaryl/α,β-unsaturated/α-hetero) is 2. The molecule has 2 aliphatic carbocycles. The molecule has 0 amide bonds. The van der Waals surface area contributed by atoms with Crippen molar-refractivity contribution in [3.63, 3.8) is 0 Å². The molecule has 2 aliphatic rings. The second kappa shape index (κ2) is 4.04. The van der Waals surface area contributed by atoms with Gasteiger partial charge < -0.3 is 0 Å². The van der Waals surface area contributed by atoms with Gasteiger partial charge in [0, 0.05) is 5.92 Å². The number of hydrogen-bond acceptors (Lipinski definition) is 2. The fraction of sp³-hybridized carbons (Fsp3) is 0.500. The van der Waals surface area contributed by atoms with Gasteiger partial charge in [-0.3, -0.25) is 9.59 Å². The maximum Gasteiger partial charge on any atom is 0.209 e. The Morgan fingerprint density at radius 1 is 1.06 bits per heavy atom. The molecule has 2 saturated carbocycles. The molecule has 1 aromatic rings. The summed E-state index contributed by atoms with van der Waals surface area (Å²) in [6.45, 7) is 1.97. The van der Waals surface area contributed by atoms with Gasteiger partial charge >= 0.3 is 0 Å². The highest BCUT2D eigenvalue weighted by Gasteiger charge is 2.58. The Labute approximate surface area is 107 Å². The second-order valence-electron chi connectivity index (χ2n) is 5.76. The summed E-state index contributed by atoms with van der Waals surface area (Å²) in [6.07, 6.45) is 4.14. The number of carbonyl (C=O) groups excluding carboxylic acids is 2. The largest absolute Gasteiger partial charge is 0.291 e. The van der Waals surface area contributed by atoms with Crippen molar-refractivity contribution in [1.29, 1.82) is 0 Å². The van der Waals surface area contributed by atoms with Gasteiger partial charge in [0.2, 0.25) is 11.6 Å². The average molecular weight is 242 g/mol. The maximum atomic E-state index is 12.4. The van der Waals surface area contributed by atoms with E-state index in [1.54, 1.807) is 0 Å². The van der Waals surface area contributed by atoms with E-state index in [0.717, 1.165) is 31.2 Å². The maximum absolute atomic E-state index is 12.4. The normalized spacial score (nSPS) is 35.6. The predicted molar refractivity (Wildman–Crippen MR) is 69.3 cm³/mol. The molecular weight excluding hydrogens is 224 g/mol. The highest BCUT2D eigenvalue weighted by Crippen LogP contribution is 2.50. The molecule has 3 rings (SSSR count). The molecule has 0 heterocycles. The van der Waals surface area contributed by atoms with Gasteiger partial charge in [0.05, 0.1) is 5.41 Å². The molecule has 0 saturated heterocycles. The smallest absolute Gasteiger partial charge is 0.209 e. The van der Waals surface area contributed by atoms with Gasteiger partial charge in [-0.2, -0.15) is 0 Å². The standard InChI is InChI=1S/C16H18O2/c1-16(11-7-3-2-4-8-11)13-10-6-5-9-12(13)14(17)15(16)18/h2-4,7-8,12-13H,5-6,9-10H2,1H3. The lowest BCUT2D eigenvalue weighted by Gasteiger charge is -2.34. The van der Waals surface area contributed by atoms with Crippen molar-refractivity contribution < 1.29 is 9.59 Å². The van der Waals surface area contributed by atoms with Crippen molar-refractivity contribution in [3.05, 3.63) is 35.9 Å². The molecule has 2 nitrogen and oxygen atoms in total. The number of hydrogen-bond donors (Lipinski definition) is 0. The molecule has 0 radical (unpaired) electrons. The zero-order chi connectivity index (χ0) is 12.8. The summed E-state index contributed by atoms with van der Waals surface area (Å²) in [7, 11) is 0. The Balaban J connectivity index is 2.10. The van der Waals surface area contributed by atoms with E-state index >= 15 is 0 Å². The quantitative estimate of drug-likeness (QED) is 0.710. The van der Waals surface area contributed by atoms with Crippen LogP contribution in [0.4, 0.5) is 0 Å². The van der Waals surface area contributed by atoms with Crippen LogP contribution in [-0.2, 0) is 15.0 Å². The lowest BCUT2D eigenvalue weighted by Crippen LogP contribution is -2.36. The summed E-state index contributed by atoms with van der Waals surface area (Å²) in [5.41, 5.74) is 0.432. The van der Waals surface area contributed by atoms with Crippen molar-refractivity contribution in [2.24, 2.45) is 11.8 Å². The molecule has 0 aromatic heterocycles. The Morgan fingerprint density at radius 2 is 1.72 bits per heavy atom. The van der Waals surface area contributed by atoms with Gasteiger partial charge in [-0.25, -0.2) is 0 Å². The minimum absolute atomic E-state index is 0.0172. The molecule has 18 heavy (non-hydrogen) atoms. The summed E-state index contributed by atoms with van der Waals surface area (Å²) in [6, 6.07) is 9.83. The van der Waals surface area contributed by atoms with Crippen LogP contribution in [0.15, 0.2) is 30.3 Å². The van der Waals surface area contributed by atoms with E-state index in [1.165, 1.54) is 0 Å². The van der Waals surface area contributed by atoms with Gasteiger partial charge in [0.1, 0.15) is 0 Å². The van der Waals surface area contributed by atoms with Crippen molar-refractivity contribution in [2.45, 2.75) is 38.0 Å². The molecule has 0 aliphatic heterocycles. The van der Waals surface area contributed by atoms with E-state index in [9.17, 15) is 9.59 Å². The van der Waals surface area contributed by atoms with Crippen LogP contribution in [0.1, 0.15) is 38.2 Å².